The first kappa shape index (κ1) is 43.4. The average Bonchev–Trinajstić information content (AvgIpc) is 2.99. The van der Waals surface area contributed by atoms with Gasteiger partial charge in [-0.25, -0.2) is 14.4 Å². The molecule has 0 aliphatic rings. The molecule has 0 aromatic carbocycles. The minimum absolute atomic E-state index is 0.406. The SMILES string of the molecule is O=C(O)C=COC(C=CC(=O)O)(C=CC(=O)O)C(CO)(CO)CO.OCC(CO)(CO)CO.OCC(CO)(CO)CO. The van der Waals surface area contributed by atoms with E-state index in [4.69, 9.17) is 60.9 Å². The number of rotatable bonds is 19. The van der Waals surface area contributed by atoms with E-state index in [1.54, 1.807) is 0 Å². The fourth-order valence-electron chi connectivity index (χ4n) is 2.33. The van der Waals surface area contributed by atoms with Crippen molar-refractivity contribution in [3.63, 3.8) is 0 Å². The Bertz CT molecular complexity index is 753. The Kier molecular flexibility index (Phi) is 23.3. The van der Waals surface area contributed by atoms with Crippen molar-refractivity contribution in [2.24, 2.45) is 16.2 Å². The second kappa shape index (κ2) is 22.6. The fourth-order valence-corrected chi connectivity index (χ4v) is 2.33. The van der Waals surface area contributed by atoms with Gasteiger partial charge in [-0.3, -0.25) is 0 Å². The maximum atomic E-state index is 10.8. The number of carboxylic acids is 3. The first-order valence-corrected chi connectivity index (χ1v) is 11.8. The van der Waals surface area contributed by atoms with Crippen LogP contribution in [0, 0.1) is 16.2 Å². The molecular weight excluding hydrogens is 576 g/mol. The molecule has 0 saturated heterocycles. The van der Waals surface area contributed by atoms with E-state index in [1.807, 2.05) is 0 Å². The lowest BCUT2D eigenvalue weighted by atomic mass is 9.72. The molecule has 18 nitrogen and oxygen atoms in total. The number of aliphatic hydroxyl groups excluding tert-OH is 11. The van der Waals surface area contributed by atoms with E-state index >= 15 is 0 Å². The molecule has 0 aromatic heterocycles. The third kappa shape index (κ3) is 14.2. The summed E-state index contributed by atoms with van der Waals surface area (Å²) < 4.78 is 5.14. The second-order valence-electron chi connectivity index (χ2n) is 8.91. The monoisotopic (exact) mass is 618 g/mol. The lowest BCUT2D eigenvalue weighted by molar-refractivity contribution is -0.134. The Hall–Kier alpha value is -3.01. The van der Waals surface area contributed by atoms with Gasteiger partial charge in [0.15, 0.2) is 5.60 Å². The molecule has 246 valence electrons. The van der Waals surface area contributed by atoms with Gasteiger partial charge in [0, 0.05) is 12.2 Å². The van der Waals surface area contributed by atoms with E-state index < -0.39 is 112 Å². The molecule has 0 heterocycles. The first-order chi connectivity index (χ1) is 19.7. The van der Waals surface area contributed by atoms with Crippen LogP contribution in [0.5, 0.6) is 0 Å². The number of hydrogen-bond acceptors (Lipinski definition) is 15. The highest BCUT2D eigenvalue weighted by Crippen LogP contribution is 2.37. The van der Waals surface area contributed by atoms with Gasteiger partial charge in [-0.15, -0.1) is 0 Å². The third-order valence-electron chi connectivity index (χ3n) is 5.84. The van der Waals surface area contributed by atoms with Gasteiger partial charge >= 0.3 is 17.9 Å². The van der Waals surface area contributed by atoms with Gasteiger partial charge in [-0.1, -0.05) is 0 Å². The van der Waals surface area contributed by atoms with Crippen molar-refractivity contribution >= 4 is 17.9 Å². The average molecular weight is 619 g/mol. The van der Waals surface area contributed by atoms with E-state index in [1.165, 1.54) is 0 Å². The molecule has 0 fully saturated rings. The normalized spacial score (nSPS) is 13.7. The minimum atomic E-state index is -2.16. The van der Waals surface area contributed by atoms with Gasteiger partial charge in [0.05, 0.1) is 101 Å². The molecular formula is C24H42O18. The Morgan fingerprint density at radius 3 is 0.881 bits per heavy atom. The second-order valence-corrected chi connectivity index (χ2v) is 8.91. The van der Waals surface area contributed by atoms with Crippen LogP contribution in [0.2, 0.25) is 0 Å². The molecule has 0 aliphatic heterocycles. The van der Waals surface area contributed by atoms with Crippen LogP contribution >= 0.6 is 0 Å². The van der Waals surface area contributed by atoms with E-state index in [9.17, 15) is 29.7 Å². The molecule has 14 N–H and O–H groups in total. The lowest BCUT2D eigenvalue weighted by Crippen LogP contribution is -2.54. The molecule has 0 amide bonds. The van der Waals surface area contributed by atoms with Crippen LogP contribution in [0.1, 0.15) is 0 Å². The molecule has 0 aromatic rings. The number of ether oxygens (including phenoxy) is 1. The Morgan fingerprint density at radius 1 is 0.452 bits per heavy atom. The zero-order valence-corrected chi connectivity index (χ0v) is 22.6. The number of hydrogen-bond donors (Lipinski definition) is 14. The molecule has 42 heavy (non-hydrogen) atoms. The standard InChI is InChI=1S/C14H18O10.2C5H12O4/c15-7-13(8-16,9-17)14(4-1-10(18)19,5-2-11(20)21)24-6-3-12(22)23;2*6-1-5(2-7,3-8)4-9/h1-6,15-17H,7-9H2,(H,18,19)(H,20,21)(H,22,23);2*6-9H,1-4H2. The van der Waals surface area contributed by atoms with Crippen LogP contribution in [0.25, 0.3) is 0 Å². The van der Waals surface area contributed by atoms with Crippen LogP contribution < -0.4 is 0 Å². The molecule has 0 saturated carbocycles. The Morgan fingerprint density at radius 2 is 0.714 bits per heavy atom. The van der Waals surface area contributed by atoms with Gasteiger partial charge in [0.1, 0.15) is 0 Å². The smallest absolute Gasteiger partial charge is 0.331 e. The number of aliphatic carboxylic acids is 3. The topological polar surface area (TPSA) is 344 Å². The summed E-state index contributed by atoms with van der Waals surface area (Å²) in [7, 11) is 0. The number of carbonyl (C=O) groups is 3. The molecule has 0 radical (unpaired) electrons. The minimum Gasteiger partial charge on any atom is -0.486 e. The number of carboxylic acid groups (broad SMARTS) is 3. The van der Waals surface area contributed by atoms with Crippen LogP contribution in [0.3, 0.4) is 0 Å². The fraction of sp³-hybridized carbons (Fsp3) is 0.625. The largest absolute Gasteiger partial charge is 0.486 e. The van der Waals surface area contributed by atoms with Crippen LogP contribution in [0.15, 0.2) is 36.6 Å². The third-order valence-corrected chi connectivity index (χ3v) is 5.84. The first-order valence-electron chi connectivity index (χ1n) is 11.8. The highest BCUT2D eigenvalue weighted by molar-refractivity contribution is 5.81. The molecule has 0 rings (SSSR count). The van der Waals surface area contributed by atoms with Gasteiger partial charge in [-0.2, -0.15) is 0 Å². The highest BCUT2D eigenvalue weighted by Gasteiger charge is 2.50. The van der Waals surface area contributed by atoms with Crippen molar-refractivity contribution < 1.29 is 90.6 Å². The van der Waals surface area contributed by atoms with Crippen LogP contribution in [0.4, 0.5) is 0 Å². The van der Waals surface area contributed by atoms with Crippen molar-refractivity contribution in [1.29, 1.82) is 0 Å². The highest BCUT2D eigenvalue weighted by atomic mass is 16.5. The lowest BCUT2D eigenvalue weighted by Gasteiger charge is -2.43. The summed E-state index contributed by atoms with van der Waals surface area (Å²) in [6, 6.07) is 0. The summed E-state index contributed by atoms with van der Waals surface area (Å²) in [4.78, 5) is 32.1. The predicted molar refractivity (Wildman–Crippen MR) is 139 cm³/mol. The zero-order chi connectivity index (χ0) is 33.5. The van der Waals surface area contributed by atoms with Crippen molar-refractivity contribution in [3.8, 4) is 0 Å². The molecule has 0 bridgehead atoms. The Balaban J connectivity index is -0.000000687. The summed E-state index contributed by atoms with van der Waals surface area (Å²) >= 11 is 0. The zero-order valence-electron chi connectivity index (χ0n) is 22.6. The van der Waals surface area contributed by atoms with E-state index in [-0.39, 0.29) is 0 Å². The van der Waals surface area contributed by atoms with Gasteiger partial charge in [-0.05, 0) is 12.2 Å². The summed E-state index contributed by atoms with van der Waals surface area (Å²) in [6.45, 7) is -6.06. The Labute approximate surface area is 240 Å². The van der Waals surface area contributed by atoms with Crippen molar-refractivity contribution in [2.45, 2.75) is 5.60 Å². The number of aliphatic hydroxyl groups is 11. The quantitative estimate of drug-likeness (QED) is 0.0474. The van der Waals surface area contributed by atoms with E-state index in [0.717, 1.165) is 12.2 Å². The van der Waals surface area contributed by atoms with E-state index in [0.29, 0.717) is 24.5 Å². The van der Waals surface area contributed by atoms with Crippen LogP contribution in [-0.2, 0) is 19.1 Å². The maximum absolute atomic E-state index is 10.8. The molecule has 0 spiro atoms. The summed E-state index contributed by atoms with van der Waals surface area (Å²) in [5.41, 5.74) is -6.33. The van der Waals surface area contributed by atoms with Gasteiger partial charge in [0.2, 0.25) is 0 Å². The van der Waals surface area contributed by atoms with Crippen molar-refractivity contribution in [1.82, 2.24) is 0 Å². The molecule has 0 atom stereocenters. The molecule has 18 heteroatoms. The van der Waals surface area contributed by atoms with Gasteiger partial charge in [0.25, 0.3) is 0 Å². The molecule has 0 unspecified atom stereocenters. The van der Waals surface area contributed by atoms with Gasteiger partial charge < -0.3 is 76.2 Å². The summed E-state index contributed by atoms with van der Waals surface area (Å²) in [5, 5.41) is 123. The van der Waals surface area contributed by atoms with Crippen molar-refractivity contribution in [3.05, 3.63) is 36.6 Å². The summed E-state index contributed by atoms with van der Waals surface area (Å²) in [5.74, 6) is -4.34. The molecule has 0 aliphatic carbocycles. The predicted octanol–water partition coefficient (Wildman–Crippen LogP) is -5.53. The van der Waals surface area contributed by atoms with Crippen molar-refractivity contribution in [2.75, 3.05) is 72.7 Å². The van der Waals surface area contributed by atoms with Crippen LogP contribution in [-0.4, -0.2) is 168 Å². The summed E-state index contributed by atoms with van der Waals surface area (Å²) in [6.07, 6.45) is 3.77. The van der Waals surface area contributed by atoms with E-state index in [2.05, 4.69) is 0 Å². The maximum Gasteiger partial charge on any atom is 0.331 e.